The molecule has 0 fully saturated rings. The summed E-state index contributed by atoms with van der Waals surface area (Å²) in [5.74, 6) is -0.978. The van der Waals surface area contributed by atoms with Crippen molar-refractivity contribution in [3.05, 3.63) is 64.8 Å². The van der Waals surface area contributed by atoms with Gasteiger partial charge in [0.2, 0.25) is 5.91 Å². The van der Waals surface area contributed by atoms with Crippen LogP contribution in [0.3, 0.4) is 0 Å². The second-order valence-electron chi connectivity index (χ2n) is 8.05. The van der Waals surface area contributed by atoms with Crippen LogP contribution >= 0.6 is 11.6 Å². The van der Waals surface area contributed by atoms with Gasteiger partial charge >= 0.3 is 0 Å². The van der Waals surface area contributed by atoms with Gasteiger partial charge in [0.25, 0.3) is 5.91 Å². The molecule has 170 valence electrons. The van der Waals surface area contributed by atoms with Gasteiger partial charge in [-0.2, -0.15) is 0 Å². The second kappa shape index (κ2) is 10.6. The first-order chi connectivity index (χ1) is 15.2. The fourth-order valence-electron chi connectivity index (χ4n) is 3.42. The summed E-state index contributed by atoms with van der Waals surface area (Å²) in [6.45, 7) is 1.40. The number of carbonyl (C=O) groups excluding carboxylic acids is 2. The van der Waals surface area contributed by atoms with E-state index in [4.69, 9.17) is 11.6 Å². The van der Waals surface area contributed by atoms with E-state index in [9.17, 15) is 14.0 Å². The third kappa shape index (κ3) is 6.27. The number of amides is 2. The minimum Gasteiger partial charge on any atom is -0.349 e. The zero-order valence-corrected chi connectivity index (χ0v) is 19.1. The van der Waals surface area contributed by atoms with Crippen LogP contribution in [-0.4, -0.2) is 71.9 Å². The van der Waals surface area contributed by atoms with Gasteiger partial charge < -0.3 is 20.1 Å². The number of hydrogen-bond acceptors (Lipinski definition) is 4. The number of halogens is 2. The molecule has 2 N–H and O–H groups in total. The number of fused-ring (bicyclic) bond motifs is 1. The normalized spacial score (nSPS) is 12.2. The van der Waals surface area contributed by atoms with Crippen molar-refractivity contribution < 1.29 is 14.0 Å². The SMILES string of the molecule is CN(C)CCCN(C)C(=O)[C@H](Cc1ccc(F)cc1)NC(=O)c1cc2cc(Cl)ncc2[nH]1. The number of aromatic amines is 1. The van der Waals surface area contributed by atoms with Crippen LogP contribution in [0.1, 0.15) is 22.5 Å². The van der Waals surface area contributed by atoms with Crippen LogP contribution in [0, 0.1) is 5.82 Å². The Morgan fingerprint density at radius 2 is 1.88 bits per heavy atom. The predicted molar refractivity (Wildman–Crippen MR) is 123 cm³/mol. The Balaban J connectivity index is 1.77. The molecule has 0 aliphatic carbocycles. The highest BCUT2D eigenvalue weighted by molar-refractivity contribution is 6.30. The van der Waals surface area contributed by atoms with Crippen molar-refractivity contribution in [3.8, 4) is 0 Å². The number of hydrogen-bond donors (Lipinski definition) is 2. The minimum atomic E-state index is -0.801. The van der Waals surface area contributed by atoms with E-state index in [1.807, 2.05) is 19.0 Å². The molecular weight excluding hydrogens is 433 g/mol. The van der Waals surface area contributed by atoms with Crippen molar-refractivity contribution in [1.29, 1.82) is 0 Å². The first-order valence-corrected chi connectivity index (χ1v) is 10.7. The summed E-state index contributed by atoms with van der Waals surface area (Å²) in [4.78, 5) is 36.8. The second-order valence-corrected chi connectivity index (χ2v) is 8.44. The highest BCUT2D eigenvalue weighted by Gasteiger charge is 2.25. The zero-order chi connectivity index (χ0) is 23.3. The molecule has 0 unspecified atom stereocenters. The number of benzene rings is 1. The van der Waals surface area contributed by atoms with Crippen LogP contribution in [0.4, 0.5) is 4.39 Å². The molecule has 9 heteroatoms. The van der Waals surface area contributed by atoms with E-state index in [0.29, 0.717) is 22.9 Å². The van der Waals surface area contributed by atoms with Crippen LogP contribution in [0.15, 0.2) is 42.6 Å². The van der Waals surface area contributed by atoms with E-state index in [1.54, 1.807) is 42.4 Å². The molecule has 3 rings (SSSR count). The lowest BCUT2D eigenvalue weighted by Gasteiger charge is -2.25. The number of rotatable bonds is 9. The van der Waals surface area contributed by atoms with Crippen molar-refractivity contribution in [2.75, 3.05) is 34.2 Å². The number of aromatic nitrogens is 2. The largest absolute Gasteiger partial charge is 0.349 e. The fourth-order valence-corrected chi connectivity index (χ4v) is 3.59. The van der Waals surface area contributed by atoms with Crippen LogP contribution in [-0.2, 0) is 11.2 Å². The van der Waals surface area contributed by atoms with Gasteiger partial charge in [0.05, 0.1) is 11.7 Å². The number of pyridine rings is 1. The van der Waals surface area contributed by atoms with E-state index in [0.717, 1.165) is 23.9 Å². The Labute approximate surface area is 191 Å². The molecule has 32 heavy (non-hydrogen) atoms. The molecule has 0 spiro atoms. The average Bonchev–Trinajstić information content (AvgIpc) is 3.17. The summed E-state index contributed by atoms with van der Waals surface area (Å²) in [6, 6.07) is 8.43. The number of H-pyrrole nitrogens is 1. The molecule has 1 aromatic carbocycles. The van der Waals surface area contributed by atoms with Gasteiger partial charge in [-0.3, -0.25) is 9.59 Å². The van der Waals surface area contributed by atoms with E-state index in [-0.39, 0.29) is 18.1 Å². The first-order valence-electron chi connectivity index (χ1n) is 10.3. The molecule has 0 bridgehead atoms. The molecule has 0 aliphatic heterocycles. The van der Waals surface area contributed by atoms with E-state index in [2.05, 4.69) is 15.3 Å². The van der Waals surface area contributed by atoms with Crippen LogP contribution in [0.25, 0.3) is 10.9 Å². The molecule has 2 aromatic heterocycles. The Kier molecular flexibility index (Phi) is 7.82. The lowest BCUT2D eigenvalue weighted by molar-refractivity contribution is -0.132. The van der Waals surface area contributed by atoms with Gasteiger partial charge in [0.15, 0.2) is 0 Å². The highest BCUT2D eigenvalue weighted by atomic mass is 35.5. The molecule has 1 atom stereocenters. The van der Waals surface area contributed by atoms with Gasteiger partial charge in [-0.05, 0) is 56.9 Å². The topological polar surface area (TPSA) is 81.3 Å². The Morgan fingerprint density at radius 3 is 2.56 bits per heavy atom. The summed E-state index contributed by atoms with van der Waals surface area (Å²) >= 11 is 5.93. The Hall–Kier alpha value is -2.97. The molecular formula is C23H27ClFN5O2. The van der Waals surface area contributed by atoms with E-state index >= 15 is 0 Å². The molecule has 2 amide bonds. The van der Waals surface area contributed by atoms with Gasteiger partial charge in [0.1, 0.15) is 22.7 Å². The zero-order valence-electron chi connectivity index (χ0n) is 18.4. The minimum absolute atomic E-state index is 0.206. The van der Waals surface area contributed by atoms with Crippen LogP contribution < -0.4 is 5.32 Å². The van der Waals surface area contributed by atoms with Crippen LogP contribution in [0.5, 0.6) is 0 Å². The third-order valence-electron chi connectivity index (χ3n) is 5.15. The molecule has 3 aromatic rings. The number of likely N-dealkylation sites (N-methyl/N-ethyl adjacent to an activating group) is 1. The molecule has 0 radical (unpaired) electrons. The molecule has 2 heterocycles. The molecule has 0 saturated heterocycles. The molecule has 0 saturated carbocycles. The van der Waals surface area contributed by atoms with E-state index < -0.39 is 11.9 Å². The standard InChI is InChI=1S/C23H27ClFN5O2/c1-29(2)9-4-10-30(3)23(32)19(11-15-5-7-17(25)8-6-15)28-22(31)18-12-16-13-21(24)26-14-20(16)27-18/h5-8,12-14,19,27H,4,9-11H2,1-3H3,(H,28,31)/t19-/m0/s1. The van der Waals surface area contributed by atoms with Gasteiger partial charge in [-0.15, -0.1) is 0 Å². The van der Waals surface area contributed by atoms with Crippen LogP contribution in [0.2, 0.25) is 5.15 Å². The lowest BCUT2D eigenvalue weighted by Crippen LogP contribution is -2.49. The molecule has 0 aliphatic rings. The van der Waals surface area contributed by atoms with Crippen molar-refractivity contribution in [2.24, 2.45) is 0 Å². The summed E-state index contributed by atoms with van der Waals surface area (Å²) in [7, 11) is 5.67. The Bertz CT molecular complexity index is 1080. The van der Waals surface area contributed by atoms with Gasteiger partial charge in [-0.25, -0.2) is 9.37 Å². The maximum atomic E-state index is 13.3. The van der Waals surface area contributed by atoms with Crippen molar-refractivity contribution >= 4 is 34.3 Å². The maximum Gasteiger partial charge on any atom is 0.268 e. The van der Waals surface area contributed by atoms with Gasteiger partial charge in [0, 0.05) is 25.4 Å². The monoisotopic (exact) mass is 459 g/mol. The van der Waals surface area contributed by atoms with E-state index in [1.165, 1.54) is 12.1 Å². The number of carbonyl (C=O) groups is 2. The fraction of sp³-hybridized carbons (Fsp3) is 0.348. The smallest absolute Gasteiger partial charge is 0.268 e. The summed E-state index contributed by atoms with van der Waals surface area (Å²) < 4.78 is 13.3. The van der Waals surface area contributed by atoms with Crippen molar-refractivity contribution in [1.82, 2.24) is 25.1 Å². The molecule has 7 nitrogen and oxygen atoms in total. The number of nitrogens with zero attached hydrogens (tertiary/aromatic N) is 3. The summed E-state index contributed by atoms with van der Waals surface area (Å²) in [5, 5.41) is 3.91. The summed E-state index contributed by atoms with van der Waals surface area (Å²) in [6.07, 6.45) is 2.60. The Morgan fingerprint density at radius 1 is 1.16 bits per heavy atom. The maximum absolute atomic E-state index is 13.3. The third-order valence-corrected chi connectivity index (χ3v) is 5.35. The van der Waals surface area contributed by atoms with Gasteiger partial charge in [-0.1, -0.05) is 23.7 Å². The number of nitrogens with one attached hydrogen (secondary N) is 2. The first kappa shape index (κ1) is 23.7. The van der Waals surface area contributed by atoms with Crippen molar-refractivity contribution in [3.63, 3.8) is 0 Å². The van der Waals surface area contributed by atoms with Crippen molar-refractivity contribution in [2.45, 2.75) is 18.9 Å². The highest BCUT2D eigenvalue weighted by Crippen LogP contribution is 2.18. The quantitative estimate of drug-likeness (QED) is 0.482. The average molecular weight is 460 g/mol. The summed E-state index contributed by atoms with van der Waals surface area (Å²) in [5.41, 5.74) is 1.72. The predicted octanol–water partition coefficient (Wildman–Crippen LogP) is 3.11. The lowest BCUT2D eigenvalue weighted by atomic mass is 10.0.